The van der Waals surface area contributed by atoms with E-state index in [0.717, 1.165) is 4.88 Å². The molecular weight excluding hydrogens is 176 g/mol. The van der Waals surface area contributed by atoms with Crippen LogP contribution in [0.25, 0.3) is 0 Å². The fourth-order valence-electron chi connectivity index (χ4n) is 0.913. The maximum Gasteiger partial charge on any atom is 0.305 e. The first kappa shape index (κ1) is 9.02. The van der Waals surface area contributed by atoms with E-state index < -0.39 is 12.0 Å². The fraction of sp³-hybridized carbons (Fsp3) is 0.286. The second-order valence-corrected chi connectivity index (χ2v) is 3.39. The predicted octanol–water partition coefficient (Wildman–Crippen LogP) is 0.805. The van der Waals surface area contributed by atoms with Crippen molar-refractivity contribution in [3.63, 3.8) is 0 Å². The molecule has 1 rings (SSSR count). The molecule has 0 aliphatic heterocycles. The highest BCUT2D eigenvalue weighted by molar-refractivity contribution is 7.10. The van der Waals surface area contributed by atoms with E-state index >= 15 is 0 Å². The minimum absolute atomic E-state index is 0.0787. The van der Waals surface area contributed by atoms with E-state index in [1.54, 1.807) is 11.4 Å². The third-order valence-electron chi connectivity index (χ3n) is 1.46. The predicted molar refractivity (Wildman–Crippen MR) is 47.9 cm³/mol. The van der Waals surface area contributed by atoms with Crippen LogP contribution in [-0.2, 0) is 4.79 Å². The van der Waals surface area contributed by atoms with Gasteiger partial charge in [-0.1, -0.05) is 0 Å². The van der Waals surface area contributed by atoms with Crippen molar-refractivity contribution in [1.29, 1.82) is 0 Å². The van der Waals surface area contributed by atoms with Gasteiger partial charge in [0.25, 0.3) is 0 Å². The molecule has 0 aromatic carbocycles. The molecular formula is C7H10N2O2S. The number of anilines is 1. The van der Waals surface area contributed by atoms with Gasteiger partial charge in [0, 0.05) is 10.6 Å². The Labute approximate surface area is 73.8 Å². The highest BCUT2D eigenvalue weighted by Crippen LogP contribution is 2.26. The lowest BCUT2D eigenvalue weighted by molar-refractivity contribution is -0.137. The summed E-state index contributed by atoms with van der Waals surface area (Å²) in [6, 6.07) is 1.24. The zero-order valence-corrected chi connectivity index (χ0v) is 7.17. The number of hydrogen-bond donors (Lipinski definition) is 3. The van der Waals surface area contributed by atoms with E-state index in [4.69, 9.17) is 16.6 Å². The van der Waals surface area contributed by atoms with Gasteiger partial charge < -0.3 is 16.6 Å². The van der Waals surface area contributed by atoms with Gasteiger partial charge in [-0.15, -0.1) is 11.3 Å². The Hall–Kier alpha value is -1.07. The van der Waals surface area contributed by atoms with E-state index in [1.165, 1.54) is 11.3 Å². The third kappa shape index (κ3) is 1.96. The number of hydrogen-bond acceptors (Lipinski definition) is 4. The number of rotatable bonds is 3. The van der Waals surface area contributed by atoms with Crippen LogP contribution >= 0.6 is 11.3 Å². The summed E-state index contributed by atoms with van der Waals surface area (Å²) in [4.78, 5) is 11.0. The Morgan fingerprint density at radius 1 is 1.75 bits per heavy atom. The van der Waals surface area contributed by atoms with Gasteiger partial charge in [-0.2, -0.15) is 0 Å². The van der Waals surface area contributed by atoms with Gasteiger partial charge in [0.15, 0.2) is 0 Å². The standard InChI is InChI=1S/C7H10N2O2S/c8-4-1-2-12-7(4)5(9)3-6(10)11/h1-2,5H,3,8-9H2,(H,10,11)/t5-/m0/s1. The van der Waals surface area contributed by atoms with Crippen molar-refractivity contribution in [3.8, 4) is 0 Å². The average molecular weight is 186 g/mol. The number of carboxylic acids is 1. The van der Waals surface area contributed by atoms with Crippen molar-refractivity contribution in [1.82, 2.24) is 0 Å². The summed E-state index contributed by atoms with van der Waals surface area (Å²) in [6.07, 6.45) is -0.0787. The molecule has 0 saturated carbocycles. The van der Waals surface area contributed by atoms with Gasteiger partial charge in [0.05, 0.1) is 12.5 Å². The molecule has 0 aliphatic carbocycles. The molecule has 5 heteroatoms. The molecule has 0 spiro atoms. The highest BCUT2D eigenvalue weighted by atomic mass is 32.1. The van der Waals surface area contributed by atoms with Crippen LogP contribution < -0.4 is 11.5 Å². The van der Waals surface area contributed by atoms with Gasteiger partial charge >= 0.3 is 5.97 Å². The smallest absolute Gasteiger partial charge is 0.305 e. The average Bonchev–Trinajstić information content (AvgIpc) is 2.33. The normalized spacial score (nSPS) is 12.8. The first-order valence-corrected chi connectivity index (χ1v) is 4.29. The first-order chi connectivity index (χ1) is 5.61. The largest absolute Gasteiger partial charge is 0.481 e. The number of aliphatic carboxylic acids is 1. The van der Waals surface area contributed by atoms with E-state index in [2.05, 4.69) is 0 Å². The van der Waals surface area contributed by atoms with Gasteiger partial charge in [0.1, 0.15) is 0 Å². The summed E-state index contributed by atoms with van der Waals surface area (Å²) in [5.74, 6) is -0.907. The van der Waals surface area contributed by atoms with E-state index in [0.29, 0.717) is 5.69 Å². The Kier molecular flexibility index (Phi) is 2.67. The summed E-state index contributed by atoms with van der Waals surface area (Å²) < 4.78 is 0. The van der Waals surface area contributed by atoms with Crippen LogP contribution in [0.3, 0.4) is 0 Å². The van der Waals surface area contributed by atoms with Crippen molar-refractivity contribution >= 4 is 23.0 Å². The molecule has 0 aliphatic rings. The summed E-state index contributed by atoms with van der Waals surface area (Å²) in [7, 11) is 0. The summed E-state index contributed by atoms with van der Waals surface area (Å²) >= 11 is 1.39. The van der Waals surface area contributed by atoms with Gasteiger partial charge in [-0.3, -0.25) is 4.79 Å². The Balaban J connectivity index is 2.71. The number of carbonyl (C=O) groups is 1. The molecule has 0 saturated heterocycles. The zero-order valence-electron chi connectivity index (χ0n) is 6.36. The second kappa shape index (κ2) is 3.55. The second-order valence-electron chi connectivity index (χ2n) is 2.44. The molecule has 0 fully saturated rings. The van der Waals surface area contributed by atoms with Crippen molar-refractivity contribution in [3.05, 3.63) is 16.3 Å². The molecule has 0 amide bonds. The summed E-state index contributed by atoms with van der Waals surface area (Å²) in [6.45, 7) is 0. The molecule has 1 aromatic rings. The van der Waals surface area contributed by atoms with Crippen molar-refractivity contribution in [2.75, 3.05) is 5.73 Å². The van der Waals surface area contributed by atoms with Crippen LogP contribution in [-0.4, -0.2) is 11.1 Å². The number of nitrogens with two attached hydrogens (primary N) is 2. The SMILES string of the molecule is Nc1ccsc1[C@@H](N)CC(=O)O. The lowest BCUT2D eigenvalue weighted by atomic mass is 10.2. The molecule has 1 atom stereocenters. The Morgan fingerprint density at radius 3 is 2.83 bits per heavy atom. The molecule has 12 heavy (non-hydrogen) atoms. The Morgan fingerprint density at radius 2 is 2.42 bits per heavy atom. The summed E-state index contributed by atoms with van der Waals surface area (Å²) in [5.41, 5.74) is 11.7. The molecule has 66 valence electrons. The fourth-order valence-corrected chi connectivity index (χ4v) is 1.74. The topological polar surface area (TPSA) is 89.3 Å². The number of thiophene rings is 1. The third-order valence-corrected chi connectivity index (χ3v) is 2.52. The van der Waals surface area contributed by atoms with Gasteiger partial charge in [-0.25, -0.2) is 0 Å². The lowest BCUT2D eigenvalue weighted by Gasteiger charge is -2.06. The van der Waals surface area contributed by atoms with E-state index in [1.807, 2.05) is 0 Å². The van der Waals surface area contributed by atoms with E-state index in [-0.39, 0.29) is 6.42 Å². The van der Waals surface area contributed by atoms with Crippen LogP contribution in [0, 0.1) is 0 Å². The van der Waals surface area contributed by atoms with Crippen LogP contribution in [0.4, 0.5) is 5.69 Å². The highest BCUT2D eigenvalue weighted by Gasteiger charge is 2.13. The molecule has 0 bridgehead atoms. The molecule has 1 aromatic heterocycles. The van der Waals surface area contributed by atoms with Crippen LogP contribution in [0.15, 0.2) is 11.4 Å². The molecule has 1 heterocycles. The maximum absolute atomic E-state index is 10.3. The lowest BCUT2D eigenvalue weighted by Crippen LogP contribution is -2.14. The maximum atomic E-state index is 10.3. The van der Waals surface area contributed by atoms with Gasteiger partial charge in [0.2, 0.25) is 0 Å². The van der Waals surface area contributed by atoms with Crippen molar-refractivity contribution in [2.24, 2.45) is 5.73 Å². The quantitative estimate of drug-likeness (QED) is 0.651. The molecule has 5 N–H and O–H groups in total. The van der Waals surface area contributed by atoms with Crippen molar-refractivity contribution < 1.29 is 9.90 Å². The summed E-state index contributed by atoms with van der Waals surface area (Å²) in [5, 5.41) is 10.3. The molecule has 4 nitrogen and oxygen atoms in total. The zero-order chi connectivity index (χ0) is 9.14. The van der Waals surface area contributed by atoms with Gasteiger partial charge in [-0.05, 0) is 11.4 Å². The van der Waals surface area contributed by atoms with Crippen molar-refractivity contribution in [2.45, 2.75) is 12.5 Å². The minimum Gasteiger partial charge on any atom is -0.481 e. The van der Waals surface area contributed by atoms with Crippen LogP contribution in [0.1, 0.15) is 17.3 Å². The number of carboxylic acid groups (broad SMARTS) is 1. The van der Waals surface area contributed by atoms with Crippen LogP contribution in [0.2, 0.25) is 0 Å². The monoisotopic (exact) mass is 186 g/mol. The number of nitrogen functional groups attached to an aromatic ring is 1. The Bertz CT molecular complexity index is 285. The molecule has 0 radical (unpaired) electrons. The van der Waals surface area contributed by atoms with E-state index in [9.17, 15) is 4.79 Å². The molecule has 0 unspecified atom stereocenters. The van der Waals surface area contributed by atoms with Crippen LogP contribution in [0.5, 0.6) is 0 Å². The first-order valence-electron chi connectivity index (χ1n) is 3.41. The minimum atomic E-state index is -0.907.